The van der Waals surface area contributed by atoms with E-state index in [0.717, 1.165) is 12.8 Å². The van der Waals surface area contributed by atoms with Gasteiger partial charge in [0, 0.05) is 0 Å². The summed E-state index contributed by atoms with van der Waals surface area (Å²) in [6.45, 7) is 1.70. The Morgan fingerprint density at radius 1 is 1.39 bits per heavy atom. The molecule has 0 aliphatic rings. The average molecular weight is 314 g/mol. The van der Waals surface area contributed by atoms with Gasteiger partial charge in [-0.1, -0.05) is 30.3 Å². The zero-order chi connectivity index (χ0) is 16.8. The Morgan fingerprint density at radius 3 is 2.61 bits per heavy atom. The number of rotatable bonds is 7. The number of methoxy groups -OCH3 is 1. The molecule has 0 aliphatic heterocycles. The summed E-state index contributed by atoms with van der Waals surface area (Å²) >= 11 is 0. The molecule has 3 N–H and O–H groups in total. The second kappa shape index (κ2) is 7.65. The predicted octanol–water partition coefficient (Wildman–Crippen LogP) is 2.29. The van der Waals surface area contributed by atoms with Gasteiger partial charge in [0.2, 0.25) is 0 Å². The van der Waals surface area contributed by atoms with E-state index in [2.05, 4.69) is 17.2 Å². The van der Waals surface area contributed by atoms with Crippen LogP contribution in [0.15, 0.2) is 30.3 Å². The highest BCUT2D eigenvalue weighted by atomic mass is 16.5. The van der Waals surface area contributed by atoms with Gasteiger partial charge in [0.05, 0.1) is 19.3 Å². The zero-order valence-electron chi connectivity index (χ0n) is 13.4. The molecule has 0 amide bonds. The summed E-state index contributed by atoms with van der Waals surface area (Å²) in [7, 11) is 1.44. The van der Waals surface area contributed by atoms with Crippen LogP contribution in [0.1, 0.15) is 36.9 Å². The fourth-order valence-corrected chi connectivity index (χ4v) is 2.65. The maximum atomic E-state index is 10.1. The molecule has 6 nitrogen and oxygen atoms in total. The van der Waals surface area contributed by atoms with E-state index in [1.165, 1.54) is 17.4 Å². The van der Waals surface area contributed by atoms with Crippen LogP contribution in [0, 0.1) is 11.3 Å². The Morgan fingerprint density at radius 2 is 2.09 bits per heavy atom. The summed E-state index contributed by atoms with van der Waals surface area (Å²) in [5, 5.41) is 23.5. The third-order valence-electron chi connectivity index (χ3n) is 3.90. The average Bonchev–Trinajstić information content (AvgIpc) is 2.88. The Balaban J connectivity index is 2.13. The molecular formula is C17H22N4O2. The summed E-state index contributed by atoms with van der Waals surface area (Å²) in [5.41, 5.74) is 7.46. The van der Waals surface area contributed by atoms with E-state index in [-0.39, 0.29) is 23.3 Å². The van der Waals surface area contributed by atoms with Crippen molar-refractivity contribution < 1.29 is 9.84 Å². The van der Waals surface area contributed by atoms with Gasteiger partial charge in [-0.2, -0.15) is 5.26 Å². The van der Waals surface area contributed by atoms with Crippen molar-refractivity contribution in [1.82, 2.24) is 9.78 Å². The molecule has 6 heteroatoms. The summed E-state index contributed by atoms with van der Waals surface area (Å²) in [5.74, 6) is 0.425. The molecule has 122 valence electrons. The lowest BCUT2D eigenvalue weighted by Crippen LogP contribution is -2.24. The molecule has 23 heavy (non-hydrogen) atoms. The maximum absolute atomic E-state index is 10.1. The minimum Gasteiger partial charge on any atom is -0.479 e. The van der Waals surface area contributed by atoms with Crippen molar-refractivity contribution in [1.29, 1.82) is 5.26 Å². The van der Waals surface area contributed by atoms with Crippen molar-refractivity contribution in [3.05, 3.63) is 41.5 Å². The monoisotopic (exact) mass is 314 g/mol. The molecule has 2 unspecified atom stereocenters. The van der Waals surface area contributed by atoms with Gasteiger partial charge in [-0.15, -0.1) is 5.10 Å². The third-order valence-corrected chi connectivity index (χ3v) is 3.90. The van der Waals surface area contributed by atoms with Crippen molar-refractivity contribution >= 4 is 5.82 Å². The lowest BCUT2D eigenvalue weighted by molar-refractivity contribution is 0.116. The van der Waals surface area contributed by atoms with Gasteiger partial charge in [-0.05, 0) is 31.7 Å². The van der Waals surface area contributed by atoms with Crippen LogP contribution in [0.4, 0.5) is 5.82 Å². The van der Waals surface area contributed by atoms with E-state index in [4.69, 9.17) is 15.7 Å². The van der Waals surface area contributed by atoms with Crippen LogP contribution in [0.5, 0.6) is 5.88 Å². The lowest BCUT2D eigenvalue weighted by atomic mass is 10.0. The van der Waals surface area contributed by atoms with Crippen LogP contribution >= 0.6 is 0 Å². The second-order valence-corrected chi connectivity index (χ2v) is 5.51. The summed E-state index contributed by atoms with van der Waals surface area (Å²) in [4.78, 5) is 0. The van der Waals surface area contributed by atoms with Gasteiger partial charge in [0.1, 0.15) is 11.9 Å². The molecule has 2 rings (SSSR count). The number of benzene rings is 1. The number of hydrogen-bond acceptors (Lipinski definition) is 5. The van der Waals surface area contributed by atoms with Crippen molar-refractivity contribution in [2.75, 3.05) is 12.8 Å². The van der Waals surface area contributed by atoms with Crippen LogP contribution in [0.25, 0.3) is 0 Å². The van der Waals surface area contributed by atoms with Gasteiger partial charge in [-0.25, -0.2) is 4.68 Å². The van der Waals surface area contributed by atoms with E-state index in [9.17, 15) is 5.11 Å². The number of nitriles is 1. The van der Waals surface area contributed by atoms with Crippen molar-refractivity contribution in [2.45, 2.75) is 38.3 Å². The molecule has 0 saturated carbocycles. The topological polar surface area (TPSA) is 97.1 Å². The highest BCUT2D eigenvalue weighted by molar-refractivity contribution is 5.55. The lowest BCUT2D eigenvalue weighted by Gasteiger charge is -2.21. The fraction of sp³-hybridized carbons (Fsp3) is 0.412. The number of aromatic nitrogens is 2. The van der Waals surface area contributed by atoms with Gasteiger partial charge >= 0.3 is 0 Å². The predicted molar refractivity (Wildman–Crippen MR) is 88.0 cm³/mol. The summed E-state index contributed by atoms with van der Waals surface area (Å²) in [6, 6.07) is 11.9. The minimum absolute atomic E-state index is 0.193. The molecular weight excluding hydrogens is 292 g/mol. The number of aliphatic hydroxyl groups is 1. The highest BCUT2D eigenvalue weighted by Gasteiger charge is 2.25. The number of hydrogen-bond donors (Lipinski definition) is 2. The van der Waals surface area contributed by atoms with Crippen molar-refractivity contribution in [3.63, 3.8) is 0 Å². The number of anilines is 1. The van der Waals surface area contributed by atoms with E-state index in [1.807, 2.05) is 24.3 Å². The standard InChI is InChI=1S/C17H22N4O2/c1-12(22)15(10-6-9-13-7-4-3-5-8-13)21-16(19)14(11-18)17(20-21)23-2/h3-5,7-8,12,15,22H,6,9-10,19H2,1-2H3. The van der Waals surface area contributed by atoms with Crippen LogP contribution in [-0.2, 0) is 6.42 Å². The van der Waals surface area contributed by atoms with Crippen molar-refractivity contribution in [3.8, 4) is 11.9 Å². The molecule has 0 spiro atoms. The number of nitrogen functional groups attached to an aromatic ring is 1. The molecule has 2 aromatic rings. The quantitative estimate of drug-likeness (QED) is 0.817. The fourth-order valence-electron chi connectivity index (χ4n) is 2.65. The van der Waals surface area contributed by atoms with Crippen LogP contribution in [0.3, 0.4) is 0 Å². The molecule has 2 atom stereocenters. The third kappa shape index (κ3) is 3.82. The normalized spacial score (nSPS) is 13.3. The molecule has 0 aliphatic carbocycles. The molecule has 1 aromatic carbocycles. The first-order valence-electron chi connectivity index (χ1n) is 7.62. The molecule has 1 aromatic heterocycles. The molecule has 0 bridgehead atoms. The first-order valence-corrected chi connectivity index (χ1v) is 7.62. The molecule has 1 heterocycles. The zero-order valence-corrected chi connectivity index (χ0v) is 13.4. The van der Waals surface area contributed by atoms with Crippen LogP contribution in [-0.4, -0.2) is 28.1 Å². The Labute approximate surface area is 136 Å². The van der Waals surface area contributed by atoms with Crippen LogP contribution < -0.4 is 10.5 Å². The molecule has 0 saturated heterocycles. The first-order chi connectivity index (χ1) is 11.1. The van der Waals surface area contributed by atoms with Gasteiger partial charge in [0.15, 0.2) is 5.56 Å². The van der Waals surface area contributed by atoms with E-state index in [0.29, 0.717) is 6.42 Å². The summed E-state index contributed by atoms with van der Waals surface area (Å²) < 4.78 is 6.59. The minimum atomic E-state index is -0.635. The van der Waals surface area contributed by atoms with Crippen molar-refractivity contribution in [2.24, 2.45) is 0 Å². The molecule has 0 radical (unpaired) electrons. The Kier molecular flexibility index (Phi) is 5.61. The number of aliphatic hydroxyl groups excluding tert-OH is 1. The van der Waals surface area contributed by atoms with E-state index >= 15 is 0 Å². The number of nitrogens with zero attached hydrogens (tertiary/aromatic N) is 3. The first kappa shape index (κ1) is 16.8. The Hall–Kier alpha value is -2.52. The number of aryl methyl sites for hydroxylation is 1. The second-order valence-electron chi connectivity index (χ2n) is 5.51. The largest absolute Gasteiger partial charge is 0.479 e. The highest BCUT2D eigenvalue weighted by Crippen LogP contribution is 2.29. The maximum Gasteiger partial charge on any atom is 0.252 e. The summed E-state index contributed by atoms with van der Waals surface area (Å²) in [6.07, 6.45) is 1.85. The number of ether oxygens (including phenoxy) is 1. The van der Waals surface area contributed by atoms with E-state index < -0.39 is 6.10 Å². The van der Waals surface area contributed by atoms with Gasteiger partial charge in [-0.3, -0.25) is 0 Å². The smallest absolute Gasteiger partial charge is 0.252 e. The Bertz CT molecular complexity index is 674. The molecule has 0 fully saturated rings. The van der Waals surface area contributed by atoms with Gasteiger partial charge in [0.25, 0.3) is 5.88 Å². The van der Waals surface area contributed by atoms with Gasteiger partial charge < -0.3 is 15.6 Å². The van der Waals surface area contributed by atoms with Crippen LogP contribution in [0.2, 0.25) is 0 Å². The van der Waals surface area contributed by atoms with E-state index in [1.54, 1.807) is 6.92 Å². The SMILES string of the molecule is COc1nn(C(CCCc2ccccc2)C(C)O)c(N)c1C#N. The number of nitrogens with two attached hydrogens (primary N) is 1.